The van der Waals surface area contributed by atoms with Gasteiger partial charge < -0.3 is 20.5 Å². The van der Waals surface area contributed by atoms with Crippen LogP contribution in [-0.4, -0.2) is 27.4 Å². The number of ether oxygens (including phenoxy) is 2. The summed E-state index contributed by atoms with van der Waals surface area (Å²) in [4.78, 5) is 17.7. The molecule has 4 rings (SSSR count). The number of amides is 1. The molecule has 0 spiro atoms. The van der Waals surface area contributed by atoms with Gasteiger partial charge in [-0.3, -0.25) is 9.20 Å². The largest absolute Gasteiger partial charge is 0.485 e. The van der Waals surface area contributed by atoms with E-state index in [-0.39, 0.29) is 17.7 Å². The molecule has 0 aliphatic heterocycles. The topological polar surface area (TPSA) is 90.9 Å². The summed E-state index contributed by atoms with van der Waals surface area (Å²) in [6, 6.07) is 12.7. The number of pyridine rings is 1. The maximum atomic E-state index is 13.3. The molecule has 0 unspecified atom stereocenters. The first-order chi connectivity index (χ1) is 17.5. The minimum Gasteiger partial charge on any atom is -0.485 e. The highest BCUT2D eigenvalue weighted by Gasteiger charge is 2.22. The summed E-state index contributed by atoms with van der Waals surface area (Å²) in [5.41, 5.74) is 8.26. The SMILES string of the molecule is C[C@@H](Oc1cc(-c2cnc3ccccn23)sc1CC(N)=O)c1ccc(CNC(C)(C)C)cc1OC(F)F. The van der Waals surface area contributed by atoms with Crippen molar-refractivity contribution in [3.05, 3.63) is 70.9 Å². The molecule has 37 heavy (non-hydrogen) atoms. The van der Waals surface area contributed by atoms with E-state index in [9.17, 15) is 13.6 Å². The van der Waals surface area contributed by atoms with Crippen LogP contribution in [0.1, 0.15) is 49.8 Å². The lowest BCUT2D eigenvalue weighted by Gasteiger charge is -2.22. The molecule has 1 amide bonds. The summed E-state index contributed by atoms with van der Waals surface area (Å²) in [6.45, 7) is 5.35. The van der Waals surface area contributed by atoms with Gasteiger partial charge in [-0.1, -0.05) is 18.2 Å². The van der Waals surface area contributed by atoms with Gasteiger partial charge >= 0.3 is 6.61 Å². The predicted molar refractivity (Wildman–Crippen MR) is 140 cm³/mol. The van der Waals surface area contributed by atoms with Crippen molar-refractivity contribution in [3.63, 3.8) is 0 Å². The number of thiophene rings is 1. The number of aromatic nitrogens is 2. The summed E-state index contributed by atoms with van der Waals surface area (Å²) < 4.78 is 39.5. The molecule has 0 aliphatic carbocycles. The maximum Gasteiger partial charge on any atom is 0.387 e. The van der Waals surface area contributed by atoms with Crippen LogP contribution < -0.4 is 20.5 Å². The Bertz CT molecular complexity index is 1390. The molecule has 4 aromatic rings. The van der Waals surface area contributed by atoms with E-state index in [1.807, 2.05) is 61.7 Å². The first kappa shape index (κ1) is 26.6. The lowest BCUT2D eigenvalue weighted by molar-refractivity contribution is -0.117. The summed E-state index contributed by atoms with van der Waals surface area (Å²) >= 11 is 1.38. The van der Waals surface area contributed by atoms with Crippen LogP contribution in [0, 0.1) is 0 Å². The standard InChI is InChI=1S/C27H30F2N4O3S/c1-16(18-9-8-17(14-32-27(2,3)4)11-20(18)36-26(28)29)35-21-12-22(37-23(21)13-24(30)34)19-15-31-25-7-5-6-10-33(19)25/h5-12,15-16,26,32H,13-14H2,1-4H3,(H2,30,34)/t16-/m1/s1. The molecule has 0 saturated carbocycles. The summed E-state index contributed by atoms with van der Waals surface area (Å²) in [5, 5.41) is 3.34. The second kappa shape index (κ2) is 10.9. The van der Waals surface area contributed by atoms with Crippen LogP contribution in [0.2, 0.25) is 0 Å². The number of fused-ring (bicyclic) bond motifs is 1. The van der Waals surface area contributed by atoms with Gasteiger partial charge in [-0.15, -0.1) is 11.3 Å². The van der Waals surface area contributed by atoms with E-state index >= 15 is 0 Å². The van der Waals surface area contributed by atoms with Crippen LogP contribution in [0.5, 0.6) is 11.5 Å². The number of benzene rings is 1. The van der Waals surface area contributed by atoms with Crippen LogP contribution in [0.3, 0.4) is 0 Å². The Kier molecular flexibility index (Phi) is 7.79. The Labute approximate surface area is 218 Å². The molecule has 0 radical (unpaired) electrons. The second-order valence-electron chi connectivity index (χ2n) is 9.73. The highest BCUT2D eigenvalue weighted by molar-refractivity contribution is 7.15. The highest BCUT2D eigenvalue weighted by Crippen LogP contribution is 2.40. The number of hydrogen-bond donors (Lipinski definition) is 2. The predicted octanol–water partition coefficient (Wildman–Crippen LogP) is 5.72. The van der Waals surface area contributed by atoms with Crippen molar-refractivity contribution in [2.45, 2.75) is 58.9 Å². The number of nitrogens with zero attached hydrogens (tertiary/aromatic N) is 2. The van der Waals surface area contributed by atoms with Crippen molar-refractivity contribution in [1.82, 2.24) is 14.7 Å². The average Bonchev–Trinajstić information content (AvgIpc) is 3.40. The lowest BCUT2D eigenvalue weighted by Crippen LogP contribution is -2.35. The second-order valence-corrected chi connectivity index (χ2v) is 10.9. The molecule has 0 saturated heterocycles. The first-order valence-corrected chi connectivity index (χ1v) is 12.6. The molecule has 3 N–H and O–H groups in total. The molecule has 7 nitrogen and oxygen atoms in total. The molecular formula is C27H30F2N4O3S. The van der Waals surface area contributed by atoms with E-state index in [4.69, 9.17) is 15.2 Å². The van der Waals surface area contributed by atoms with E-state index in [0.717, 1.165) is 21.8 Å². The van der Waals surface area contributed by atoms with Crippen LogP contribution in [0.4, 0.5) is 8.78 Å². The minimum absolute atomic E-state index is 0.0126. The third kappa shape index (κ3) is 6.64. The fourth-order valence-electron chi connectivity index (χ4n) is 3.88. The van der Waals surface area contributed by atoms with Crippen molar-refractivity contribution in [1.29, 1.82) is 0 Å². The number of nitrogens with one attached hydrogen (secondary N) is 1. The number of carbonyl (C=O) groups is 1. The van der Waals surface area contributed by atoms with Gasteiger partial charge in [0.05, 0.1) is 28.1 Å². The minimum atomic E-state index is -2.98. The van der Waals surface area contributed by atoms with E-state index in [1.54, 1.807) is 25.3 Å². The van der Waals surface area contributed by atoms with Gasteiger partial charge in [0, 0.05) is 29.9 Å². The van der Waals surface area contributed by atoms with Crippen molar-refractivity contribution < 1.29 is 23.0 Å². The molecular weight excluding hydrogens is 498 g/mol. The van der Waals surface area contributed by atoms with Crippen LogP contribution in [0.15, 0.2) is 54.9 Å². The van der Waals surface area contributed by atoms with E-state index in [1.165, 1.54) is 11.3 Å². The van der Waals surface area contributed by atoms with Crippen LogP contribution in [-0.2, 0) is 17.8 Å². The van der Waals surface area contributed by atoms with Gasteiger partial charge in [0.25, 0.3) is 0 Å². The number of imidazole rings is 1. The monoisotopic (exact) mass is 528 g/mol. The zero-order chi connectivity index (χ0) is 26.7. The van der Waals surface area contributed by atoms with Crippen LogP contribution >= 0.6 is 11.3 Å². The van der Waals surface area contributed by atoms with Gasteiger partial charge in [0.1, 0.15) is 23.3 Å². The third-order valence-corrected chi connectivity index (χ3v) is 6.77. The smallest absolute Gasteiger partial charge is 0.387 e. The third-order valence-electron chi connectivity index (χ3n) is 5.63. The van der Waals surface area contributed by atoms with E-state index < -0.39 is 18.6 Å². The highest BCUT2D eigenvalue weighted by atomic mass is 32.1. The fraction of sp³-hybridized carbons (Fsp3) is 0.333. The molecule has 0 fully saturated rings. The van der Waals surface area contributed by atoms with Gasteiger partial charge in [-0.05, 0) is 51.5 Å². The molecule has 3 aromatic heterocycles. The van der Waals surface area contributed by atoms with Crippen LogP contribution in [0.25, 0.3) is 16.2 Å². The zero-order valence-corrected chi connectivity index (χ0v) is 21.9. The lowest BCUT2D eigenvalue weighted by atomic mass is 10.0. The number of alkyl halides is 2. The molecule has 0 bridgehead atoms. The molecule has 10 heteroatoms. The average molecular weight is 529 g/mol. The molecule has 0 aliphatic rings. The van der Waals surface area contributed by atoms with Crippen molar-refractivity contribution >= 4 is 22.9 Å². The number of primary amides is 1. The Balaban J connectivity index is 1.65. The van der Waals surface area contributed by atoms with Crippen molar-refractivity contribution in [2.75, 3.05) is 0 Å². The first-order valence-electron chi connectivity index (χ1n) is 11.8. The Morgan fingerprint density at radius 2 is 1.95 bits per heavy atom. The fourth-order valence-corrected chi connectivity index (χ4v) is 4.99. The van der Waals surface area contributed by atoms with Crippen molar-refractivity contribution in [2.24, 2.45) is 5.73 Å². The number of carbonyl (C=O) groups excluding carboxylic acids is 1. The number of nitrogens with two attached hydrogens (primary N) is 1. The Hall–Kier alpha value is -3.50. The summed E-state index contributed by atoms with van der Waals surface area (Å²) in [5.74, 6) is 0.00419. The number of rotatable bonds is 10. The van der Waals surface area contributed by atoms with E-state index in [2.05, 4.69) is 10.3 Å². The molecule has 1 atom stereocenters. The normalized spacial score (nSPS) is 12.7. The number of hydrogen-bond acceptors (Lipinski definition) is 6. The Morgan fingerprint density at radius 3 is 2.65 bits per heavy atom. The quantitative estimate of drug-likeness (QED) is 0.275. The number of halogens is 2. The maximum absolute atomic E-state index is 13.3. The summed E-state index contributed by atoms with van der Waals surface area (Å²) in [6.07, 6.45) is 3.00. The van der Waals surface area contributed by atoms with Gasteiger partial charge in [0.2, 0.25) is 5.91 Å². The zero-order valence-electron chi connectivity index (χ0n) is 21.1. The van der Waals surface area contributed by atoms with Gasteiger partial charge in [-0.25, -0.2) is 4.98 Å². The summed E-state index contributed by atoms with van der Waals surface area (Å²) in [7, 11) is 0. The van der Waals surface area contributed by atoms with Crippen molar-refractivity contribution in [3.8, 4) is 22.1 Å². The molecule has 3 heterocycles. The van der Waals surface area contributed by atoms with Gasteiger partial charge in [-0.2, -0.15) is 8.78 Å². The molecule has 1 aromatic carbocycles. The Morgan fingerprint density at radius 1 is 1.16 bits per heavy atom. The van der Waals surface area contributed by atoms with Gasteiger partial charge in [0.15, 0.2) is 0 Å². The van der Waals surface area contributed by atoms with E-state index in [0.29, 0.717) is 22.7 Å². The molecule has 196 valence electrons.